The van der Waals surface area contributed by atoms with Crippen LogP contribution in [0.2, 0.25) is 0 Å². The van der Waals surface area contributed by atoms with Crippen molar-refractivity contribution >= 4 is 40.5 Å². The van der Waals surface area contributed by atoms with Crippen LogP contribution in [0.3, 0.4) is 0 Å². The largest absolute Gasteiger partial charge is 0.456 e. The summed E-state index contributed by atoms with van der Waals surface area (Å²) in [6.07, 6.45) is -5.56. The van der Waals surface area contributed by atoms with E-state index in [-0.39, 0.29) is 0 Å². The number of alkyl halides is 1. The molecule has 0 aromatic carbocycles. The summed E-state index contributed by atoms with van der Waals surface area (Å²) >= 11 is 1.98. The molecule has 0 amide bonds. The molecule has 1 heterocycles. The van der Waals surface area contributed by atoms with Gasteiger partial charge < -0.3 is 24.1 Å². The Morgan fingerprint density at radius 2 is 1.38 bits per heavy atom. The summed E-state index contributed by atoms with van der Waals surface area (Å²) < 4.78 is 20.8. The Morgan fingerprint density at radius 1 is 0.952 bits per heavy atom. The number of hydrogen-bond acceptors (Lipinski definition) is 8. The van der Waals surface area contributed by atoms with E-state index in [1.54, 1.807) is 0 Å². The summed E-state index contributed by atoms with van der Waals surface area (Å²) in [6, 6.07) is 0. The van der Waals surface area contributed by atoms with Crippen molar-refractivity contribution < 1.29 is 38.4 Å². The SMILES string of the molecule is CC(=O)O[C@@H]1[C@@H](OC(C)=O)[C@@H](O)O[C@@H](CI)[C@H]1OC(C)=O. The quantitative estimate of drug-likeness (QED) is 0.294. The van der Waals surface area contributed by atoms with Crippen LogP contribution in [-0.4, -0.2) is 58.1 Å². The molecule has 21 heavy (non-hydrogen) atoms. The summed E-state index contributed by atoms with van der Waals surface area (Å²) in [6.45, 7) is 3.50. The van der Waals surface area contributed by atoms with Gasteiger partial charge in [-0.2, -0.15) is 0 Å². The number of ether oxygens (including phenoxy) is 4. The lowest BCUT2D eigenvalue weighted by atomic mass is 9.99. The van der Waals surface area contributed by atoms with Gasteiger partial charge in [0.25, 0.3) is 0 Å². The molecule has 8 nitrogen and oxygen atoms in total. The molecule has 0 unspecified atom stereocenters. The Hall–Kier alpha value is -0.940. The molecule has 1 saturated heterocycles. The second-order valence-electron chi connectivity index (χ2n) is 4.44. The zero-order valence-electron chi connectivity index (χ0n) is 11.8. The van der Waals surface area contributed by atoms with E-state index >= 15 is 0 Å². The summed E-state index contributed by atoms with van der Waals surface area (Å²) in [5, 5.41) is 9.92. The number of carbonyl (C=O) groups excluding carboxylic acids is 3. The second-order valence-corrected chi connectivity index (χ2v) is 5.32. The van der Waals surface area contributed by atoms with Crippen LogP contribution in [0, 0.1) is 0 Å². The maximum Gasteiger partial charge on any atom is 0.303 e. The third-order valence-corrected chi connectivity index (χ3v) is 3.54. The highest BCUT2D eigenvalue weighted by Gasteiger charge is 2.50. The molecular weight excluding hydrogens is 399 g/mol. The van der Waals surface area contributed by atoms with Crippen LogP contribution in [0.4, 0.5) is 0 Å². The molecule has 9 heteroatoms. The smallest absolute Gasteiger partial charge is 0.303 e. The highest BCUT2D eigenvalue weighted by atomic mass is 127. The van der Waals surface area contributed by atoms with Crippen molar-refractivity contribution in [1.29, 1.82) is 0 Å². The van der Waals surface area contributed by atoms with Crippen molar-refractivity contribution in [1.82, 2.24) is 0 Å². The molecule has 0 aromatic heterocycles. The van der Waals surface area contributed by atoms with Gasteiger partial charge in [0.05, 0.1) is 0 Å². The number of hydrogen-bond donors (Lipinski definition) is 1. The highest BCUT2D eigenvalue weighted by Crippen LogP contribution is 2.28. The van der Waals surface area contributed by atoms with Crippen molar-refractivity contribution in [3.63, 3.8) is 0 Å². The number of halogens is 1. The Balaban J connectivity index is 3.08. The maximum absolute atomic E-state index is 11.2. The van der Waals surface area contributed by atoms with Gasteiger partial charge in [-0.25, -0.2) is 0 Å². The third kappa shape index (κ3) is 5.08. The predicted octanol–water partition coefficient (Wildman–Crippen LogP) is -0.0663. The van der Waals surface area contributed by atoms with E-state index in [1.807, 2.05) is 22.6 Å². The zero-order chi connectivity index (χ0) is 16.2. The van der Waals surface area contributed by atoms with Gasteiger partial charge in [0.1, 0.15) is 6.10 Å². The van der Waals surface area contributed by atoms with Gasteiger partial charge >= 0.3 is 17.9 Å². The minimum atomic E-state index is -1.48. The van der Waals surface area contributed by atoms with E-state index in [1.165, 1.54) is 6.92 Å². The van der Waals surface area contributed by atoms with E-state index in [4.69, 9.17) is 18.9 Å². The van der Waals surface area contributed by atoms with Crippen LogP contribution < -0.4 is 0 Å². The summed E-state index contributed by atoms with van der Waals surface area (Å²) in [5.74, 6) is -1.95. The first-order chi connectivity index (χ1) is 9.76. The zero-order valence-corrected chi connectivity index (χ0v) is 13.9. The lowest BCUT2D eigenvalue weighted by Crippen LogP contribution is -2.61. The Kier molecular flexibility index (Phi) is 6.81. The van der Waals surface area contributed by atoms with Crippen LogP contribution >= 0.6 is 22.6 Å². The Bertz CT molecular complexity index is 412. The van der Waals surface area contributed by atoms with E-state index in [0.717, 1.165) is 13.8 Å². The fourth-order valence-electron chi connectivity index (χ4n) is 2.00. The van der Waals surface area contributed by atoms with Gasteiger partial charge in [0, 0.05) is 25.2 Å². The van der Waals surface area contributed by atoms with E-state index < -0.39 is 48.6 Å². The molecule has 0 bridgehead atoms. The van der Waals surface area contributed by atoms with Crippen molar-refractivity contribution in [2.24, 2.45) is 0 Å². The fourth-order valence-corrected chi connectivity index (χ4v) is 2.70. The molecule has 120 valence electrons. The minimum absolute atomic E-state index is 0.372. The van der Waals surface area contributed by atoms with Crippen molar-refractivity contribution in [3.05, 3.63) is 0 Å². The third-order valence-electron chi connectivity index (χ3n) is 2.67. The Morgan fingerprint density at radius 3 is 1.81 bits per heavy atom. The van der Waals surface area contributed by atoms with Crippen LogP contribution in [-0.2, 0) is 33.3 Å². The van der Waals surface area contributed by atoms with Gasteiger partial charge in [-0.1, -0.05) is 22.6 Å². The predicted molar refractivity (Wildman–Crippen MR) is 76.4 cm³/mol. The van der Waals surface area contributed by atoms with Gasteiger partial charge in [-0.15, -0.1) is 0 Å². The van der Waals surface area contributed by atoms with Crippen LogP contribution in [0.5, 0.6) is 0 Å². The molecule has 1 fully saturated rings. The first-order valence-electron chi connectivity index (χ1n) is 6.17. The molecule has 1 N–H and O–H groups in total. The summed E-state index contributed by atoms with van der Waals surface area (Å²) in [7, 11) is 0. The lowest BCUT2D eigenvalue weighted by molar-refractivity contribution is -0.286. The van der Waals surface area contributed by atoms with Gasteiger partial charge in [0.15, 0.2) is 24.6 Å². The minimum Gasteiger partial charge on any atom is -0.456 e. The average molecular weight is 416 g/mol. The van der Waals surface area contributed by atoms with E-state index in [9.17, 15) is 19.5 Å². The van der Waals surface area contributed by atoms with Crippen LogP contribution in [0.1, 0.15) is 20.8 Å². The molecule has 0 aliphatic carbocycles. The number of esters is 3. The van der Waals surface area contributed by atoms with Crippen molar-refractivity contribution in [2.75, 3.05) is 4.43 Å². The number of aliphatic hydroxyl groups excluding tert-OH is 1. The normalized spacial score (nSPS) is 32.1. The highest BCUT2D eigenvalue weighted by molar-refractivity contribution is 14.1. The topological polar surface area (TPSA) is 108 Å². The second kappa shape index (κ2) is 7.90. The van der Waals surface area contributed by atoms with Crippen molar-refractivity contribution in [3.8, 4) is 0 Å². The number of carbonyl (C=O) groups is 3. The van der Waals surface area contributed by atoms with Gasteiger partial charge in [-0.05, 0) is 0 Å². The molecular formula is C12H17IO8. The fraction of sp³-hybridized carbons (Fsp3) is 0.750. The lowest BCUT2D eigenvalue weighted by Gasteiger charge is -2.42. The molecule has 0 aromatic rings. The number of aliphatic hydroxyl groups is 1. The molecule has 0 radical (unpaired) electrons. The molecule has 1 rings (SSSR count). The summed E-state index contributed by atoms with van der Waals surface area (Å²) in [5.41, 5.74) is 0. The molecule has 5 atom stereocenters. The summed E-state index contributed by atoms with van der Waals surface area (Å²) in [4.78, 5) is 33.6. The van der Waals surface area contributed by atoms with Crippen molar-refractivity contribution in [2.45, 2.75) is 51.5 Å². The van der Waals surface area contributed by atoms with E-state index in [2.05, 4.69) is 0 Å². The number of rotatable bonds is 4. The monoisotopic (exact) mass is 416 g/mol. The molecule has 1 aliphatic rings. The molecule has 0 spiro atoms. The van der Waals surface area contributed by atoms with E-state index in [0.29, 0.717) is 4.43 Å². The Labute approximate surface area is 135 Å². The standard InChI is InChI=1S/C12H17IO8/c1-5(14)18-9-8(4-13)21-12(17)11(20-7(3)16)10(9)19-6(2)15/h8-12,17H,4H2,1-3H3/t8-,9+,10-,11+,12-/m0/s1. The maximum atomic E-state index is 11.2. The van der Waals surface area contributed by atoms with Crippen LogP contribution in [0.25, 0.3) is 0 Å². The average Bonchev–Trinajstić information content (AvgIpc) is 2.35. The van der Waals surface area contributed by atoms with Crippen LogP contribution in [0.15, 0.2) is 0 Å². The van der Waals surface area contributed by atoms with Gasteiger partial charge in [-0.3, -0.25) is 14.4 Å². The molecule has 0 saturated carbocycles. The molecule has 1 aliphatic heterocycles. The first kappa shape index (κ1) is 18.1. The first-order valence-corrected chi connectivity index (χ1v) is 7.70. The van der Waals surface area contributed by atoms with Gasteiger partial charge in [0.2, 0.25) is 0 Å².